The fourth-order valence-electron chi connectivity index (χ4n) is 12.5. The predicted molar refractivity (Wildman–Crippen MR) is 367 cm³/mol. The Balaban J connectivity index is 0.000000134. The summed E-state index contributed by atoms with van der Waals surface area (Å²) in [6.07, 6.45) is 13.0. The van der Waals surface area contributed by atoms with Crippen LogP contribution in [-0.4, -0.2) is 259 Å². The van der Waals surface area contributed by atoms with Crippen molar-refractivity contribution in [3.63, 3.8) is 0 Å². The zero-order chi connectivity index (χ0) is 70.7. The van der Waals surface area contributed by atoms with Crippen LogP contribution >= 0.6 is 0 Å². The molecule has 30 nitrogen and oxygen atoms in total. The summed E-state index contributed by atoms with van der Waals surface area (Å²) < 4.78 is 63.7. The fourth-order valence-corrected chi connectivity index (χ4v) is 12.5. The Bertz CT molecular complexity index is 3540. The van der Waals surface area contributed by atoms with Gasteiger partial charge in [-0.1, -0.05) is 0 Å². The summed E-state index contributed by atoms with van der Waals surface area (Å²) in [5, 5.41) is 22.4. The molecule has 32 heteroatoms. The standard InChI is InChI=1S/2C20H22FN7O2.C12H22N2O3.C9H15NO3.C7H14N2O/c2*1-12-7-28-10-14(4-15(21)19(28)25-12)26-20(29)16-5-24-18(6-23-16)27-8-13(9-27)17-11-30-3-2-22-17;1-12(2,3)17-11(15)14-6-9(7-14)10-8-16-5-4-13-10;1-9(2,3)13-8(12)10-4-7(5-10)6-11;1-2-10-5-7(9-1)6-3-8-4-6/h2*4-7,10,13,17,22H,2-3,8-9,11H2,1H3,(H,26,29);9-10,13H,4-8H2,1-3H3;6-7H,4-5H2,1-3H3;6-9H,1-5H2. The monoisotopic (exact) mass is 1390 g/mol. The Morgan fingerprint density at radius 1 is 0.520 bits per heavy atom. The molecule has 542 valence electrons. The molecule has 100 heavy (non-hydrogen) atoms. The molecule has 0 aromatic carbocycles. The molecule has 6 aromatic rings. The first-order valence-electron chi connectivity index (χ1n) is 34.4. The summed E-state index contributed by atoms with van der Waals surface area (Å²) >= 11 is 0. The summed E-state index contributed by atoms with van der Waals surface area (Å²) in [6, 6.07) is 4.25. The van der Waals surface area contributed by atoms with E-state index in [4.69, 9.17) is 28.4 Å². The fraction of sp³-hybridized carbons (Fsp3) is 0.603. The van der Waals surface area contributed by atoms with E-state index in [0.29, 0.717) is 77.8 Å². The lowest BCUT2D eigenvalue weighted by atomic mass is 9.91. The SMILES string of the molecule is C1COCC(C2CNC2)N1.CC(C)(C)OC(=O)N1CC(C2COCCN2)C1.CC(C)(C)OC(=O)N1CC(C=O)C1.Cc1cn2cc(NC(=O)c3cnc(N4CC(C5COCCN5)C4)cn3)cc(F)c2n1.Cc1cn2cc(NC(=O)c3cnc(N4CC(C5COCCN5)C4)cn3)cc(F)c2n1. The zero-order valence-electron chi connectivity index (χ0n) is 58.2. The molecule has 9 aliphatic heterocycles. The largest absolute Gasteiger partial charge is 0.444 e. The lowest BCUT2D eigenvalue weighted by Gasteiger charge is -2.45. The van der Waals surface area contributed by atoms with Gasteiger partial charge in [0.05, 0.1) is 106 Å². The highest BCUT2D eigenvalue weighted by Crippen LogP contribution is 2.29. The van der Waals surface area contributed by atoms with E-state index in [1.54, 1.807) is 64.7 Å². The molecule has 0 spiro atoms. The molecule has 6 aromatic heterocycles. The van der Waals surface area contributed by atoms with Gasteiger partial charge in [0.15, 0.2) is 22.9 Å². The van der Waals surface area contributed by atoms with Crippen molar-refractivity contribution < 1.29 is 61.2 Å². The Morgan fingerprint density at radius 3 is 1.21 bits per heavy atom. The third-order valence-electron chi connectivity index (χ3n) is 18.2. The van der Waals surface area contributed by atoms with Crippen LogP contribution in [-0.2, 0) is 33.2 Å². The van der Waals surface area contributed by atoms with Crippen molar-refractivity contribution in [2.45, 2.75) is 90.8 Å². The first-order valence-corrected chi connectivity index (χ1v) is 34.4. The molecule has 0 radical (unpaired) electrons. The van der Waals surface area contributed by atoms with Crippen molar-refractivity contribution in [3.8, 4) is 0 Å². The molecular weight excluding hydrogens is 1300 g/mol. The van der Waals surface area contributed by atoms with Crippen molar-refractivity contribution in [2.75, 3.05) is 165 Å². The van der Waals surface area contributed by atoms with Gasteiger partial charge in [-0.15, -0.1) is 0 Å². The molecule has 7 N–H and O–H groups in total. The Labute approximate surface area is 580 Å². The Kier molecular flexibility index (Phi) is 24.1. The van der Waals surface area contributed by atoms with Crippen molar-refractivity contribution in [1.82, 2.24) is 75.1 Å². The van der Waals surface area contributed by atoms with Crippen LogP contribution in [0.4, 0.5) is 41.4 Å². The van der Waals surface area contributed by atoms with Crippen LogP contribution in [0.1, 0.15) is 73.9 Å². The molecule has 4 amide bonds. The van der Waals surface area contributed by atoms with E-state index in [9.17, 15) is 32.8 Å². The van der Waals surface area contributed by atoms with Crippen LogP contribution < -0.4 is 47.0 Å². The van der Waals surface area contributed by atoms with E-state index in [-0.39, 0.29) is 40.8 Å². The van der Waals surface area contributed by atoms with Gasteiger partial charge in [-0.25, -0.2) is 48.3 Å². The minimum absolute atomic E-state index is 0.00696. The first-order chi connectivity index (χ1) is 48.0. The molecule has 9 saturated heterocycles. The summed E-state index contributed by atoms with van der Waals surface area (Å²) in [5.74, 6) is 1.93. The van der Waals surface area contributed by atoms with E-state index in [1.807, 2.05) is 41.5 Å². The number of amides is 4. The Morgan fingerprint density at radius 2 is 0.890 bits per heavy atom. The van der Waals surface area contributed by atoms with Gasteiger partial charge >= 0.3 is 12.2 Å². The summed E-state index contributed by atoms with van der Waals surface area (Å²) in [6.45, 7) is 33.2. The highest BCUT2D eigenvalue weighted by atomic mass is 19.1. The number of aromatic nitrogens is 8. The number of hydrogen-bond donors (Lipinski definition) is 7. The highest BCUT2D eigenvalue weighted by molar-refractivity contribution is 6.03. The van der Waals surface area contributed by atoms with E-state index in [0.717, 1.165) is 142 Å². The van der Waals surface area contributed by atoms with Gasteiger partial charge < -0.3 is 98.8 Å². The number of aldehydes is 1. The lowest BCUT2D eigenvalue weighted by Crippen LogP contribution is -2.60. The van der Waals surface area contributed by atoms with Gasteiger partial charge in [0.25, 0.3) is 11.8 Å². The normalized spacial score (nSPS) is 22.2. The average molecular weight is 1390 g/mol. The number of anilines is 4. The average Bonchev–Trinajstić information content (AvgIpc) is 1.79. The van der Waals surface area contributed by atoms with Gasteiger partial charge in [-0.05, 0) is 55.4 Å². The minimum atomic E-state index is -0.507. The van der Waals surface area contributed by atoms with Gasteiger partial charge in [0.2, 0.25) is 0 Å². The van der Waals surface area contributed by atoms with Crippen LogP contribution in [0.25, 0.3) is 11.3 Å². The number of pyridine rings is 2. The molecule has 0 bridgehead atoms. The van der Waals surface area contributed by atoms with Crippen LogP contribution in [0, 0.1) is 55.1 Å². The summed E-state index contributed by atoms with van der Waals surface area (Å²) in [7, 11) is 0. The maximum absolute atomic E-state index is 14.2. The smallest absolute Gasteiger partial charge is 0.410 e. The molecule has 9 aliphatic rings. The van der Waals surface area contributed by atoms with Crippen LogP contribution in [0.15, 0.2) is 61.7 Å². The third kappa shape index (κ3) is 19.7. The number of rotatable bonds is 11. The summed E-state index contributed by atoms with van der Waals surface area (Å²) in [5.41, 5.74) is 1.94. The number of carbonyl (C=O) groups excluding carboxylic acids is 5. The number of likely N-dealkylation sites (tertiary alicyclic amines) is 2. The Hall–Kier alpha value is -8.21. The van der Waals surface area contributed by atoms with Crippen LogP contribution in [0.2, 0.25) is 0 Å². The lowest BCUT2D eigenvalue weighted by molar-refractivity contribution is -0.115. The van der Waals surface area contributed by atoms with Crippen molar-refractivity contribution in [2.24, 2.45) is 29.6 Å². The molecule has 9 fully saturated rings. The van der Waals surface area contributed by atoms with E-state index in [1.165, 1.54) is 42.5 Å². The number of nitrogens with one attached hydrogen (secondary N) is 7. The second-order valence-corrected chi connectivity index (χ2v) is 28.5. The maximum atomic E-state index is 14.2. The van der Waals surface area contributed by atoms with Crippen molar-refractivity contribution >= 4 is 64.6 Å². The molecule has 15 rings (SSSR count). The maximum Gasteiger partial charge on any atom is 0.410 e. The topological polar surface area (TPSA) is 324 Å². The number of aryl methyl sites for hydroxylation is 2. The van der Waals surface area contributed by atoms with Gasteiger partial charge in [-0.2, -0.15) is 0 Å². The van der Waals surface area contributed by atoms with Crippen molar-refractivity contribution in [3.05, 3.63) is 96.1 Å². The number of hydrogen-bond acceptors (Lipinski definition) is 24. The molecule has 0 saturated carbocycles. The van der Waals surface area contributed by atoms with E-state index >= 15 is 0 Å². The third-order valence-corrected chi connectivity index (χ3v) is 18.2. The van der Waals surface area contributed by atoms with E-state index in [2.05, 4.69) is 76.9 Å². The highest BCUT2D eigenvalue weighted by Gasteiger charge is 2.40. The molecular formula is C68H95F2N19O11. The second kappa shape index (κ2) is 33.1. The number of halogens is 2. The predicted octanol–water partition coefficient (Wildman–Crippen LogP) is 3.59. The van der Waals surface area contributed by atoms with E-state index < -0.39 is 34.7 Å². The van der Waals surface area contributed by atoms with Gasteiger partial charge in [0, 0.05) is 176 Å². The molecule has 0 aliphatic carbocycles. The zero-order valence-corrected chi connectivity index (χ0v) is 58.2. The summed E-state index contributed by atoms with van der Waals surface area (Å²) in [4.78, 5) is 91.2. The quantitative estimate of drug-likeness (QED) is 0.0912. The number of fused-ring (bicyclic) bond motifs is 2. The number of carbonyl (C=O) groups is 5. The number of imidazole rings is 2. The number of nitrogens with zero attached hydrogens (tertiary/aromatic N) is 12. The van der Waals surface area contributed by atoms with Crippen molar-refractivity contribution in [1.29, 1.82) is 0 Å². The van der Waals surface area contributed by atoms with Crippen LogP contribution in [0.3, 0.4) is 0 Å². The number of morpholine rings is 4. The van der Waals surface area contributed by atoms with Gasteiger partial charge in [0.1, 0.15) is 40.5 Å². The van der Waals surface area contributed by atoms with Gasteiger partial charge in [-0.3, -0.25) is 9.59 Å². The molecule has 4 atom stereocenters. The first kappa shape index (κ1) is 73.0. The number of ether oxygens (including phenoxy) is 6. The van der Waals surface area contributed by atoms with Crippen LogP contribution in [0.5, 0.6) is 0 Å². The minimum Gasteiger partial charge on any atom is -0.444 e. The molecule has 15 heterocycles. The second-order valence-electron chi connectivity index (χ2n) is 28.5. The molecule has 4 unspecified atom stereocenters.